The first-order valence-corrected chi connectivity index (χ1v) is 10.8. The second kappa shape index (κ2) is 9.52. The highest BCUT2D eigenvalue weighted by molar-refractivity contribution is 6.17. The summed E-state index contributed by atoms with van der Waals surface area (Å²) in [6.07, 6.45) is 0. The standard InChI is InChI=1S/C27H18O12/c28-16-4-13(5-17(29)25(16)37)22(34)10-1-11(23(35)14-6-18(30)26(38)19(31)7-14)3-12(2-10)24(36)15-8-20(32)27(39)21(33)9-15/h1-9,28-33,37-39H. The molecule has 198 valence electrons. The zero-order valence-corrected chi connectivity index (χ0v) is 19.4. The van der Waals surface area contributed by atoms with Crippen LogP contribution in [0, 0.1) is 0 Å². The highest BCUT2D eigenvalue weighted by atomic mass is 16.3. The van der Waals surface area contributed by atoms with Gasteiger partial charge in [-0.3, -0.25) is 14.4 Å². The summed E-state index contributed by atoms with van der Waals surface area (Å²) in [7, 11) is 0. The Labute approximate surface area is 217 Å². The maximum absolute atomic E-state index is 13.2. The smallest absolute Gasteiger partial charge is 0.200 e. The Morgan fingerprint density at radius 3 is 0.641 bits per heavy atom. The molecule has 0 radical (unpaired) electrons. The van der Waals surface area contributed by atoms with Gasteiger partial charge in [-0.2, -0.15) is 0 Å². The molecule has 0 heterocycles. The van der Waals surface area contributed by atoms with Gasteiger partial charge in [-0.1, -0.05) is 0 Å². The molecular formula is C27H18O12. The summed E-state index contributed by atoms with van der Waals surface area (Å²) < 4.78 is 0. The monoisotopic (exact) mass is 534 g/mol. The van der Waals surface area contributed by atoms with E-state index >= 15 is 0 Å². The highest BCUT2D eigenvalue weighted by Gasteiger charge is 2.23. The van der Waals surface area contributed by atoms with Gasteiger partial charge in [0.15, 0.2) is 69.1 Å². The van der Waals surface area contributed by atoms with Crippen molar-refractivity contribution < 1.29 is 60.3 Å². The van der Waals surface area contributed by atoms with Crippen molar-refractivity contribution in [2.24, 2.45) is 0 Å². The molecule has 0 bridgehead atoms. The van der Waals surface area contributed by atoms with Gasteiger partial charge in [0.05, 0.1) is 0 Å². The number of hydrogen-bond acceptors (Lipinski definition) is 12. The topological polar surface area (TPSA) is 233 Å². The van der Waals surface area contributed by atoms with Gasteiger partial charge in [-0.05, 0) is 54.6 Å². The van der Waals surface area contributed by atoms with Crippen LogP contribution in [0.15, 0.2) is 54.6 Å². The van der Waals surface area contributed by atoms with Gasteiger partial charge in [-0.15, -0.1) is 0 Å². The van der Waals surface area contributed by atoms with Gasteiger partial charge < -0.3 is 46.0 Å². The number of phenolic OH excluding ortho intramolecular Hbond substituents is 9. The summed E-state index contributed by atoms with van der Waals surface area (Å²) in [6, 6.07) is 8.11. The molecule has 4 aromatic rings. The van der Waals surface area contributed by atoms with E-state index in [9.17, 15) is 60.3 Å². The predicted octanol–water partition coefficient (Wildman–Crippen LogP) is 2.73. The van der Waals surface area contributed by atoms with Crippen LogP contribution in [0.2, 0.25) is 0 Å². The summed E-state index contributed by atoms with van der Waals surface area (Å²) in [5.41, 5.74) is -2.00. The number of benzene rings is 4. The Morgan fingerprint density at radius 2 is 0.462 bits per heavy atom. The van der Waals surface area contributed by atoms with Crippen molar-refractivity contribution in [3.8, 4) is 51.7 Å². The molecule has 39 heavy (non-hydrogen) atoms. The van der Waals surface area contributed by atoms with Crippen LogP contribution in [0.4, 0.5) is 0 Å². The third kappa shape index (κ3) is 4.76. The quantitative estimate of drug-likeness (QED) is 0.128. The van der Waals surface area contributed by atoms with E-state index in [1.807, 2.05) is 0 Å². The number of aromatic hydroxyl groups is 9. The average molecular weight is 534 g/mol. The Morgan fingerprint density at radius 1 is 0.308 bits per heavy atom. The van der Waals surface area contributed by atoms with Crippen molar-refractivity contribution in [2.75, 3.05) is 0 Å². The van der Waals surface area contributed by atoms with Crippen molar-refractivity contribution in [1.29, 1.82) is 0 Å². The van der Waals surface area contributed by atoms with Crippen LogP contribution in [0.25, 0.3) is 0 Å². The molecule has 12 nitrogen and oxygen atoms in total. The second-order valence-corrected chi connectivity index (χ2v) is 8.38. The first kappa shape index (κ1) is 26.2. The fourth-order valence-corrected chi connectivity index (χ4v) is 3.73. The molecule has 0 amide bonds. The summed E-state index contributed by atoms with van der Waals surface area (Å²) in [5, 5.41) is 87.6. The maximum Gasteiger partial charge on any atom is 0.200 e. The molecule has 4 aromatic carbocycles. The van der Waals surface area contributed by atoms with Crippen LogP contribution >= 0.6 is 0 Å². The normalized spacial score (nSPS) is 10.8. The molecule has 0 aliphatic heterocycles. The van der Waals surface area contributed by atoms with E-state index in [1.54, 1.807) is 0 Å². The van der Waals surface area contributed by atoms with Crippen LogP contribution < -0.4 is 0 Å². The van der Waals surface area contributed by atoms with Gasteiger partial charge in [-0.25, -0.2) is 0 Å². The van der Waals surface area contributed by atoms with Crippen LogP contribution in [-0.4, -0.2) is 63.3 Å². The minimum atomic E-state index is -0.919. The lowest BCUT2D eigenvalue weighted by Gasteiger charge is -2.11. The second-order valence-electron chi connectivity index (χ2n) is 8.38. The van der Waals surface area contributed by atoms with Crippen molar-refractivity contribution in [2.45, 2.75) is 0 Å². The number of carbonyl (C=O) groups is 3. The summed E-state index contributed by atoms with van der Waals surface area (Å²) in [4.78, 5) is 39.7. The Balaban J connectivity index is 1.90. The SMILES string of the molecule is O=C(c1cc(C(=O)c2cc(O)c(O)c(O)c2)cc(C(=O)c2cc(O)c(O)c(O)c2)c1)c1cc(O)c(O)c(O)c1. The van der Waals surface area contributed by atoms with Crippen LogP contribution in [0.3, 0.4) is 0 Å². The lowest BCUT2D eigenvalue weighted by Crippen LogP contribution is -2.11. The molecule has 0 saturated heterocycles. The van der Waals surface area contributed by atoms with Gasteiger partial charge in [0.2, 0.25) is 0 Å². The van der Waals surface area contributed by atoms with Crippen LogP contribution in [0.1, 0.15) is 47.8 Å². The predicted molar refractivity (Wildman–Crippen MR) is 131 cm³/mol. The van der Waals surface area contributed by atoms with Crippen LogP contribution in [-0.2, 0) is 0 Å². The van der Waals surface area contributed by atoms with Crippen LogP contribution in [0.5, 0.6) is 51.7 Å². The summed E-state index contributed by atoms with van der Waals surface area (Å²) >= 11 is 0. The first-order valence-electron chi connectivity index (χ1n) is 10.8. The third-order valence-electron chi connectivity index (χ3n) is 5.72. The van der Waals surface area contributed by atoms with Crippen molar-refractivity contribution in [1.82, 2.24) is 0 Å². The van der Waals surface area contributed by atoms with Gasteiger partial charge in [0, 0.05) is 33.4 Å². The molecule has 0 fully saturated rings. The number of ketones is 3. The summed E-state index contributed by atoms with van der Waals surface area (Å²) in [5.74, 6) is -10.4. The fourth-order valence-electron chi connectivity index (χ4n) is 3.73. The summed E-state index contributed by atoms with van der Waals surface area (Å²) in [6.45, 7) is 0. The van der Waals surface area contributed by atoms with E-state index < -0.39 is 69.1 Å². The number of carbonyl (C=O) groups excluding carboxylic acids is 3. The molecule has 0 saturated carbocycles. The number of rotatable bonds is 6. The lowest BCUT2D eigenvalue weighted by atomic mass is 9.92. The molecule has 9 N–H and O–H groups in total. The number of hydrogen-bond donors (Lipinski definition) is 9. The molecule has 4 rings (SSSR count). The van der Waals surface area contributed by atoms with Gasteiger partial charge >= 0.3 is 0 Å². The number of phenols is 9. The highest BCUT2D eigenvalue weighted by Crippen LogP contribution is 2.39. The van der Waals surface area contributed by atoms with Gasteiger partial charge in [0.1, 0.15) is 0 Å². The molecule has 0 unspecified atom stereocenters. The van der Waals surface area contributed by atoms with E-state index in [1.165, 1.54) is 0 Å². The van der Waals surface area contributed by atoms with Gasteiger partial charge in [0.25, 0.3) is 0 Å². The Bertz CT molecular complexity index is 1420. The van der Waals surface area contributed by atoms with Crippen molar-refractivity contribution in [3.63, 3.8) is 0 Å². The van der Waals surface area contributed by atoms with Crippen molar-refractivity contribution >= 4 is 17.3 Å². The maximum atomic E-state index is 13.2. The van der Waals surface area contributed by atoms with E-state index in [0.717, 1.165) is 54.6 Å². The molecule has 0 spiro atoms. The Hall–Kier alpha value is -5.91. The molecule has 0 aliphatic rings. The molecule has 12 heteroatoms. The lowest BCUT2D eigenvalue weighted by molar-refractivity contribution is 0.103. The average Bonchev–Trinajstić information content (AvgIpc) is 2.90. The minimum Gasteiger partial charge on any atom is -0.504 e. The Kier molecular flexibility index (Phi) is 6.38. The van der Waals surface area contributed by atoms with Crippen molar-refractivity contribution in [3.05, 3.63) is 88.0 Å². The molecule has 0 atom stereocenters. The van der Waals surface area contributed by atoms with E-state index in [-0.39, 0.29) is 33.4 Å². The molecular weight excluding hydrogens is 516 g/mol. The first-order chi connectivity index (χ1) is 18.3. The third-order valence-corrected chi connectivity index (χ3v) is 5.72. The zero-order valence-electron chi connectivity index (χ0n) is 19.4. The van der Waals surface area contributed by atoms with E-state index in [2.05, 4.69) is 0 Å². The zero-order chi connectivity index (χ0) is 28.8. The fraction of sp³-hybridized carbons (Fsp3) is 0. The molecule has 0 aromatic heterocycles. The van der Waals surface area contributed by atoms with E-state index in [0.29, 0.717) is 0 Å². The molecule has 0 aliphatic carbocycles. The van der Waals surface area contributed by atoms with E-state index in [4.69, 9.17) is 0 Å². The minimum absolute atomic E-state index is 0.326. The largest absolute Gasteiger partial charge is 0.504 e.